The van der Waals surface area contributed by atoms with Crippen LogP contribution >= 0.6 is 0 Å². The van der Waals surface area contributed by atoms with Crippen molar-refractivity contribution in [1.82, 2.24) is 9.97 Å². The molecule has 1 aliphatic rings. The molecule has 1 N–H and O–H groups in total. The third-order valence-corrected chi connectivity index (χ3v) is 2.68. The van der Waals surface area contributed by atoms with Crippen LogP contribution < -0.4 is 5.32 Å². The molecule has 0 radical (unpaired) electrons. The molecule has 0 aliphatic heterocycles. The van der Waals surface area contributed by atoms with E-state index in [-0.39, 0.29) is 0 Å². The molecule has 0 saturated heterocycles. The largest absolute Gasteiger partial charge is 0.384 e. The number of aromatic nitrogens is 2. The molecule has 2 rings (SSSR count). The van der Waals surface area contributed by atoms with E-state index in [0.29, 0.717) is 12.0 Å². The van der Waals surface area contributed by atoms with Gasteiger partial charge in [0.05, 0.1) is 6.61 Å². The van der Waals surface area contributed by atoms with Crippen molar-refractivity contribution in [3.63, 3.8) is 0 Å². The Labute approximate surface area is 83.7 Å². The van der Waals surface area contributed by atoms with Gasteiger partial charge in [0.2, 0.25) is 5.95 Å². The zero-order chi connectivity index (χ0) is 9.80. The van der Waals surface area contributed by atoms with Gasteiger partial charge >= 0.3 is 0 Å². The minimum absolute atomic E-state index is 0.484. The second-order valence-electron chi connectivity index (χ2n) is 3.62. The molecule has 0 unspecified atom stereocenters. The highest BCUT2D eigenvalue weighted by atomic mass is 16.5. The lowest BCUT2D eigenvalue weighted by molar-refractivity contribution is 0.101. The minimum Gasteiger partial charge on any atom is -0.384 e. The summed E-state index contributed by atoms with van der Waals surface area (Å²) in [4.78, 5) is 8.26. The molecule has 1 aromatic heterocycles. The highest BCUT2D eigenvalue weighted by molar-refractivity contribution is 5.26. The minimum atomic E-state index is 0.484. The lowest BCUT2D eigenvalue weighted by Gasteiger charge is -2.36. The third kappa shape index (κ3) is 2.01. The lowest BCUT2D eigenvalue weighted by Crippen LogP contribution is -2.41. The summed E-state index contributed by atoms with van der Waals surface area (Å²) in [5.74, 6) is 1.34. The number of nitrogens with zero attached hydrogens (tertiary/aromatic N) is 2. The van der Waals surface area contributed by atoms with Crippen molar-refractivity contribution in [2.45, 2.75) is 18.9 Å². The fourth-order valence-electron chi connectivity index (χ4n) is 1.71. The molecule has 0 spiro atoms. The number of anilines is 1. The van der Waals surface area contributed by atoms with E-state index in [1.807, 2.05) is 6.07 Å². The standard InChI is InChI=1S/C10H15N3O/c1-14-7-8-3-4-9(8)13-10-11-5-2-6-12-10/h2,5-6,8-9H,3-4,7H2,1H3,(H,11,12,13)/t8-,9+/m1/s1. The number of rotatable bonds is 4. The third-order valence-electron chi connectivity index (χ3n) is 2.68. The Bertz CT molecular complexity index is 278. The number of hydrogen-bond donors (Lipinski definition) is 1. The van der Waals surface area contributed by atoms with Crippen LogP contribution in [0.15, 0.2) is 18.5 Å². The van der Waals surface area contributed by atoms with E-state index in [9.17, 15) is 0 Å². The Hall–Kier alpha value is -1.16. The van der Waals surface area contributed by atoms with Crippen LogP contribution in [0.3, 0.4) is 0 Å². The highest BCUT2D eigenvalue weighted by Gasteiger charge is 2.30. The summed E-state index contributed by atoms with van der Waals surface area (Å²) >= 11 is 0. The van der Waals surface area contributed by atoms with Crippen LogP contribution in [-0.4, -0.2) is 29.7 Å². The molecule has 0 amide bonds. The first-order chi connectivity index (χ1) is 6.90. The quantitative estimate of drug-likeness (QED) is 0.783. The van der Waals surface area contributed by atoms with Gasteiger partial charge in [-0.3, -0.25) is 0 Å². The first-order valence-electron chi connectivity index (χ1n) is 4.92. The maximum atomic E-state index is 5.13. The second-order valence-corrected chi connectivity index (χ2v) is 3.62. The van der Waals surface area contributed by atoms with Crippen LogP contribution in [0.25, 0.3) is 0 Å². The number of methoxy groups -OCH3 is 1. The maximum absolute atomic E-state index is 5.13. The van der Waals surface area contributed by atoms with Crippen LogP contribution in [0, 0.1) is 5.92 Å². The van der Waals surface area contributed by atoms with Gasteiger partial charge in [0, 0.05) is 31.5 Å². The van der Waals surface area contributed by atoms with Crippen molar-refractivity contribution in [2.24, 2.45) is 5.92 Å². The van der Waals surface area contributed by atoms with Gasteiger partial charge in [-0.2, -0.15) is 0 Å². The molecule has 1 aromatic rings. The Morgan fingerprint density at radius 3 is 2.79 bits per heavy atom. The molecule has 76 valence electrons. The van der Waals surface area contributed by atoms with Crippen molar-refractivity contribution in [3.05, 3.63) is 18.5 Å². The van der Waals surface area contributed by atoms with E-state index < -0.39 is 0 Å². The summed E-state index contributed by atoms with van der Waals surface area (Å²) in [5, 5.41) is 3.31. The zero-order valence-corrected chi connectivity index (χ0v) is 8.31. The molecule has 4 heteroatoms. The first kappa shape index (κ1) is 9.40. The summed E-state index contributed by atoms with van der Waals surface area (Å²) in [5.41, 5.74) is 0. The normalized spacial score (nSPS) is 25.5. The van der Waals surface area contributed by atoms with Crippen LogP contribution in [-0.2, 0) is 4.74 Å². The van der Waals surface area contributed by atoms with Crippen molar-refractivity contribution < 1.29 is 4.74 Å². The van der Waals surface area contributed by atoms with Crippen LogP contribution in [0.5, 0.6) is 0 Å². The summed E-state index contributed by atoms with van der Waals surface area (Å²) in [6.07, 6.45) is 5.92. The summed E-state index contributed by atoms with van der Waals surface area (Å²) in [6.45, 7) is 0.824. The van der Waals surface area contributed by atoms with E-state index in [1.165, 1.54) is 12.8 Å². The highest BCUT2D eigenvalue weighted by Crippen LogP contribution is 2.29. The molecule has 14 heavy (non-hydrogen) atoms. The SMILES string of the molecule is COC[C@H]1CC[C@@H]1Nc1ncccn1. The lowest BCUT2D eigenvalue weighted by atomic mass is 9.80. The Kier molecular flexibility index (Phi) is 2.93. The van der Waals surface area contributed by atoms with Gasteiger partial charge in [0.15, 0.2) is 0 Å². The Morgan fingerprint density at radius 2 is 2.21 bits per heavy atom. The molecule has 0 bridgehead atoms. The average molecular weight is 193 g/mol. The molecule has 0 aromatic carbocycles. The van der Waals surface area contributed by atoms with Gasteiger partial charge in [-0.15, -0.1) is 0 Å². The predicted molar refractivity (Wildman–Crippen MR) is 54.0 cm³/mol. The first-order valence-corrected chi connectivity index (χ1v) is 4.92. The fourth-order valence-corrected chi connectivity index (χ4v) is 1.71. The predicted octanol–water partition coefficient (Wildman–Crippen LogP) is 1.31. The van der Waals surface area contributed by atoms with E-state index in [2.05, 4.69) is 15.3 Å². The van der Waals surface area contributed by atoms with Crippen LogP contribution in [0.4, 0.5) is 5.95 Å². The van der Waals surface area contributed by atoms with Crippen molar-refractivity contribution >= 4 is 5.95 Å². The van der Waals surface area contributed by atoms with Gasteiger partial charge in [-0.05, 0) is 18.9 Å². The average Bonchev–Trinajstić information content (AvgIpc) is 2.23. The monoisotopic (exact) mass is 193 g/mol. The van der Waals surface area contributed by atoms with Crippen LogP contribution in [0.2, 0.25) is 0 Å². The zero-order valence-electron chi connectivity index (χ0n) is 8.31. The fraction of sp³-hybridized carbons (Fsp3) is 0.600. The number of ether oxygens (including phenoxy) is 1. The van der Waals surface area contributed by atoms with Gasteiger partial charge in [-0.25, -0.2) is 9.97 Å². The number of nitrogens with one attached hydrogen (secondary N) is 1. The van der Waals surface area contributed by atoms with Gasteiger partial charge in [0.25, 0.3) is 0 Å². The topological polar surface area (TPSA) is 47.0 Å². The van der Waals surface area contributed by atoms with Crippen molar-refractivity contribution in [3.8, 4) is 0 Å². The summed E-state index contributed by atoms with van der Waals surface area (Å²) in [7, 11) is 1.74. The van der Waals surface area contributed by atoms with Crippen LogP contribution in [0.1, 0.15) is 12.8 Å². The molecule has 4 nitrogen and oxygen atoms in total. The van der Waals surface area contributed by atoms with E-state index in [0.717, 1.165) is 12.6 Å². The summed E-state index contributed by atoms with van der Waals surface area (Å²) in [6, 6.07) is 2.30. The number of hydrogen-bond acceptors (Lipinski definition) is 4. The molecule has 1 saturated carbocycles. The molecular weight excluding hydrogens is 178 g/mol. The maximum Gasteiger partial charge on any atom is 0.222 e. The van der Waals surface area contributed by atoms with Crippen molar-refractivity contribution in [2.75, 3.05) is 19.0 Å². The van der Waals surface area contributed by atoms with E-state index >= 15 is 0 Å². The Morgan fingerprint density at radius 1 is 1.43 bits per heavy atom. The molecular formula is C10H15N3O. The molecule has 1 aliphatic carbocycles. The summed E-state index contributed by atoms with van der Waals surface area (Å²) < 4.78 is 5.13. The van der Waals surface area contributed by atoms with E-state index in [4.69, 9.17) is 4.74 Å². The molecule has 1 heterocycles. The molecule has 2 atom stereocenters. The molecule has 1 fully saturated rings. The van der Waals surface area contributed by atoms with Gasteiger partial charge in [-0.1, -0.05) is 0 Å². The van der Waals surface area contributed by atoms with Gasteiger partial charge in [0.1, 0.15) is 0 Å². The van der Waals surface area contributed by atoms with Gasteiger partial charge < -0.3 is 10.1 Å². The second kappa shape index (κ2) is 4.37. The van der Waals surface area contributed by atoms with Crippen molar-refractivity contribution in [1.29, 1.82) is 0 Å². The van der Waals surface area contributed by atoms with E-state index in [1.54, 1.807) is 19.5 Å². The Balaban J connectivity index is 1.86. The smallest absolute Gasteiger partial charge is 0.222 e.